The van der Waals surface area contributed by atoms with E-state index in [1.54, 1.807) is 29.6 Å². The summed E-state index contributed by atoms with van der Waals surface area (Å²) in [5.74, 6) is -1.45. The van der Waals surface area contributed by atoms with Crippen molar-refractivity contribution in [1.29, 1.82) is 0 Å². The number of carboxylic acids is 1. The van der Waals surface area contributed by atoms with Gasteiger partial charge in [0.15, 0.2) is 6.04 Å². The SMILES string of the molecule is CSc1ccccc1C(=O)NC(C(=O)O)c1cccs1. The Kier molecular flexibility index (Phi) is 4.81. The van der Waals surface area contributed by atoms with Gasteiger partial charge in [-0.1, -0.05) is 18.2 Å². The Hall–Kier alpha value is -1.79. The lowest BCUT2D eigenvalue weighted by Crippen LogP contribution is -2.33. The van der Waals surface area contributed by atoms with Crippen LogP contribution in [0.1, 0.15) is 21.3 Å². The molecule has 0 aliphatic carbocycles. The predicted molar refractivity (Wildman–Crippen MR) is 80.4 cm³/mol. The second-order valence-electron chi connectivity index (χ2n) is 3.96. The maximum atomic E-state index is 12.3. The molecule has 0 saturated carbocycles. The maximum Gasteiger partial charge on any atom is 0.331 e. The van der Waals surface area contributed by atoms with E-state index in [1.807, 2.05) is 18.4 Å². The molecule has 2 aromatic rings. The average Bonchev–Trinajstić information content (AvgIpc) is 2.97. The highest BCUT2D eigenvalue weighted by molar-refractivity contribution is 7.98. The second-order valence-corrected chi connectivity index (χ2v) is 5.79. The molecular weight excluding hydrogens is 294 g/mol. The Labute approximate surface area is 124 Å². The number of aliphatic carboxylic acids is 1. The molecule has 104 valence electrons. The van der Waals surface area contributed by atoms with Crippen LogP contribution in [-0.4, -0.2) is 23.2 Å². The Balaban J connectivity index is 2.23. The first-order valence-corrected chi connectivity index (χ1v) is 7.94. The molecule has 1 atom stereocenters. The molecule has 1 amide bonds. The largest absolute Gasteiger partial charge is 0.479 e. The van der Waals surface area contributed by atoms with Crippen LogP contribution in [0.15, 0.2) is 46.7 Å². The number of thiophene rings is 1. The molecule has 20 heavy (non-hydrogen) atoms. The van der Waals surface area contributed by atoms with Crippen molar-refractivity contribution in [2.75, 3.05) is 6.26 Å². The Morgan fingerprint density at radius 3 is 2.60 bits per heavy atom. The standard InChI is InChI=1S/C14H13NO3S2/c1-19-10-6-3-2-5-9(10)13(16)15-12(14(17)18)11-7-4-8-20-11/h2-8,12H,1H3,(H,15,16)(H,17,18). The summed E-state index contributed by atoms with van der Waals surface area (Å²) in [6.07, 6.45) is 1.88. The number of nitrogens with one attached hydrogen (secondary N) is 1. The van der Waals surface area contributed by atoms with E-state index in [1.165, 1.54) is 23.1 Å². The minimum absolute atomic E-state index is 0.379. The molecule has 2 N–H and O–H groups in total. The molecule has 0 saturated heterocycles. The fraction of sp³-hybridized carbons (Fsp3) is 0.143. The number of hydrogen-bond acceptors (Lipinski definition) is 4. The maximum absolute atomic E-state index is 12.3. The van der Waals surface area contributed by atoms with Crippen molar-refractivity contribution in [3.8, 4) is 0 Å². The number of carbonyl (C=O) groups is 2. The van der Waals surface area contributed by atoms with Gasteiger partial charge in [0.05, 0.1) is 5.56 Å². The second kappa shape index (κ2) is 6.58. The Morgan fingerprint density at radius 2 is 2.00 bits per heavy atom. The third-order valence-electron chi connectivity index (χ3n) is 2.70. The molecule has 1 aromatic heterocycles. The zero-order valence-electron chi connectivity index (χ0n) is 10.7. The fourth-order valence-electron chi connectivity index (χ4n) is 1.75. The molecule has 0 aliphatic rings. The molecule has 1 heterocycles. The highest BCUT2D eigenvalue weighted by Gasteiger charge is 2.24. The number of carboxylic acid groups (broad SMARTS) is 1. The van der Waals surface area contributed by atoms with Crippen molar-refractivity contribution in [3.05, 3.63) is 52.2 Å². The molecule has 0 spiro atoms. The number of hydrogen-bond donors (Lipinski definition) is 2. The highest BCUT2D eigenvalue weighted by atomic mass is 32.2. The van der Waals surface area contributed by atoms with E-state index < -0.39 is 12.0 Å². The lowest BCUT2D eigenvalue weighted by molar-refractivity contribution is -0.139. The van der Waals surface area contributed by atoms with Crippen molar-refractivity contribution < 1.29 is 14.7 Å². The molecule has 0 aliphatic heterocycles. The van der Waals surface area contributed by atoms with Gasteiger partial charge in [0.25, 0.3) is 5.91 Å². The first kappa shape index (κ1) is 14.6. The van der Waals surface area contributed by atoms with Gasteiger partial charge in [0, 0.05) is 9.77 Å². The Bertz CT molecular complexity index is 611. The topological polar surface area (TPSA) is 66.4 Å². The van der Waals surface area contributed by atoms with Crippen molar-refractivity contribution in [3.63, 3.8) is 0 Å². The smallest absolute Gasteiger partial charge is 0.331 e. The zero-order chi connectivity index (χ0) is 14.5. The first-order valence-electron chi connectivity index (χ1n) is 5.83. The van der Waals surface area contributed by atoms with Crippen molar-refractivity contribution in [2.24, 2.45) is 0 Å². The molecule has 4 nitrogen and oxygen atoms in total. The van der Waals surface area contributed by atoms with Crippen LogP contribution in [0.2, 0.25) is 0 Å². The molecule has 1 aromatic carbocycles. The number of amides is 1. The first-order chi connectivity index (χ1) is 9.63. The zero-order valence-corrected chi connectivity index (χ0v) is 12.3. The average molecular weight is 307 g/mol. The van der Waals surface area contributed by atoms with E-state index in [-0.39, 0.29) is 5.91 Å². The number of benzene rings is 1. The lowest BCUT2D eigenvalue weighted by atomic mass is 10.2. The fourth-order valence-corrected chi connectivity index (χ4v) is 3.11. The van der Waals surface area contributed by atoms with Crippen LogP contribution in [0.3, 0.4) is 0 Å². The number of carbonyl (C=O) groups excluding carboxylic acids is 1. The molecule has 0 bridgehead atoms. The minimum Gasteiger partial charge on any atom is -0.479 e. The van der Waals surface area contributed by atoms with Gasteiger partial charge in [-0.3, -0.25) is 4.79 Å². The van der Waals surface area contributed by atoms with E-state index in [2.05, 4.69) is 5.32 Å². The predicted octanol–water partition coefficient (Wildman–Crippen LogP) is 3.03. The van der Waals surface area contributed by atoms with Gasteiger partial charge < -0.3 is 10.4 Å². The van der Waals surface area contributed by atoms with Crippen LogP contribution in [0, 0.1) is 0 Å². The third kappa shape index (κ3) is 3.20. The summed E-state index contributed by atoms with van der Waals surface area (Å²) in [7, 11) is 0. The van der Waals surface area contributed by atoms with E-state index in [9.17, 15) is 14.7 Å². The molecule has 6 heteroatoms. The quantitative estimate of drug-likeness (QED) is 0.833. The molecule has 2 rings (SSSR count). The van der Waals surface area contributed by atoms with Crippen LogP contribution in [0.5, 0.6) is 0 Å². The van der Waals surface area contributed by atoms with Crippen LogP contribution in [-0.2, 0) is 4.79 Å². The van der Waals surface area contributed by atoms with Crippen molar-refractivity contribution >= 4 is 35.0 Å². The van der Waals surface area contributed by atoms with E-state index in [0.717, 1.165) is 4.90 Å². The van der Waals surface area contributed by atoms with Crippen molar-refractivity contribution in [1.82, 2.24) is 5.32 Å². The minimum atomic E-state index is -1.07. The summed E-state index contributed by atoms with van der Waals surface area (Å²) in [6.45, 7) is 0. The van der Waals surface area contributed by atoms with Gasteiger partial charge in [-0.05, 0) is 29.8 Å². The molecule has 0 fully saturated rings. The Morgan fingerprint density at radius 1 is 1.25 bits per heavy atom. The summed E-state index contributed by atoms with van der Waals surface area (Å²) in [6, 6.07) is 9.57. The van der Waals surface area contributed by atoms with Gasteiger partial charge in [0.2, 0.25) is 0 Å². The number of rotatable bonds is 5. The molecular formula is C14H13NO3S2. The van der Waals surface area contributed by atoms with Crippen LogP contribution >= 0.6 is 23.1 Å². The summed E-state index contributed by atoms with van der Waals surface area (Å²) in [5.41, 5.74) is 0.489. The normalized spacial score (nSPS) is 11.8. The highest BCUT2D eigenvalue weighted by Crippen LogP contribution is 2.23. The monoisotopic (exact) mass is 307 g/mol. The van der Waals surface area contributed by atoms with Gasteiger partial charge in [-0.2, -0.15) is 0 Å². The molecule has 1 unspecified atom stereocenters. The summed E-state index contributed by atoms with van der Waals surface area (Å²) < 4.78 is 0. The van der Waals surface area contributed by atoms with Gasteiger partial charge in [-0.15, -0.1) is 23.1 Å². The van der Waals surface area contributed by atoms with Crippen LogP contribution in [0.4, 0.5) is 0 Å². The van der Waals surface area contributed by atoms with Gasteiger partial charge >= 0.3 is 5.97 Å². The van der Waals surface area contributed by atoms with Gasteiger partial charge in [-0.25, -0.2) is 4.79 Å². The number of thioether (sulfide) groups is 1. The van der Waals surface area contributed by atoms with Crippen LogP contribution < -0.4 is 5.32 Å². The van der Waals surface area contributed by atoms with E-state index in [0.29, 0.717) is 10.4 Å². The van der Waals surface area contributed by atoms with E-state index >= 15 is 0 Å². The summed E-state index contributed by atoms with van der Waals surface area (Å²) in [4.78, 5) is 25.0. The molecule has 0 radical (unpaired) electrons. The summed E-state index contributed by atoms with van der Waals surface area (Å²) in [5, 5.41) is 13.6. The van der Waals surface area contributed by atoms with Gasteiger partial charge in [0.1, 0.15) is 0 Å². The van der Waals surface area contributed by atoms with E-state index in [4.69, 9.17) is 0 Å². The van der Waals surface area contributed by atoms with Crippen LogP contribution in [0.25, 0.3) is 0 Å². The summed E-state index contributed by atoms with van der Waals surface area (Å²) >= 11 is 2.76. The lowest BCUT2D eigenvalue weighted by Gasteiger charge is -2.14. The van der Waals surface area contributed by atoms with Crippen molar-refractivity contribution in [2.45, 2.75) is 10.9 Å². The third-order valence-corrected chi connectivity index (χ3v) is 4.43.